The van der Waals surface area contributed by atoms with Crippen molar-refractivity contribution in [1.29, 1.82) is 0 Å². The van der Waals surface area contributed by atoms with Crippen molar-refractivity contribution in [2.24, 2.45) is 0 Å². The Bertz CT molecular complexity index is 1000. The summed E-state index contributed by atoms with van der Waals surface area (Å²) in [7, 11) is 1.60. The first kappa shape index (κ1) is 18.2. The highest BCUT2D eigenvalue weighted by molar-refractivity contribution is 7.80. The molecule has 134 valence electrons. The van der Waals surface area contributed by atoms with Crippen LogP contribution in [0.4, 0.5) is 5.69 Å². The molecule has 0 amide bonds. The SMILES string of the molecule is COc1ccc2cc(CCNC(=S)Nc3cccc(Cl)c3)c(=O)[nH]c2c1. The monoisotopic (exact) mass is 387 g/mol. The summed E-state index contributed by atoms with van der Waals surface area (Å²) >= 11 is 11.2. The molecule has 3 N–H and O–H groups in total. The average molecular weight is 388 g/mol. The quantitative estimate of drug-likeness (QED) is 0.582. The van der Waals surface area contributed by atoms with Gasteiger partial charge in [0, 0.05) is 28.9 Å². The van der Waals surface area contributed by atoms with Crippen LogP contribution in [0, 0.1) is 0 Å². The molecule has 0 atom stereocenters. The van der Waals surface area contributed by atoms with E-state index in [0.717, 1.165) is 16.6 Å². The van der Waals surface area contributed by atoms with Gasteiger partial charge in [0.25, 0.3) is 5.56 Å². The van der Waals surface area contributed by atoms with E-state index in [-0.39, 0.29) is 5.56 Å². The van der Waals surface area contributed by atoms with Gasteiger partial charge in [-0.2, -0.15) is 0 Å². The summed E-state index contributed by atoms with van der Waals surface area (Å²) < 4.78 is 5.18. The van der Waals surface area contributed by atoms with E-state index >= 15 is 0 Å². The Morgan fingerprint density at radius 1 is 1.23 bits per heavy atom. The van der Waals surface area contributed by atoms with E-state index in [1.165, 1.54) is 0 Å². The average Bonchev–Trinajstić information content (AvgIpc) is 2.61. The minimum atomic E-state index is -0.110. The van der Waals surface area contributed by atoms with E-state index in [1.54, 1.807) is 19.2 Å². The zero-order chi connectivity index (χ0) is 18.5. The molecule has 0 unspecified atom stereocenters. The van der Waals surface area contributed by atoms with Crippen LogP contribution in [0.3, 0.4) is 0 Å². The molecule has 26 heavy (non-hydrogen) atoms. The van der Waals surface area contributed by atoms with Gasteiger partial charge in [0.2, 0.25) is 0 Å². The highest BCUT2D eigenvalue weighted by Crippen LogP contribution is 2.18. The number of hydrogen-bond acceptors (Lipinski definition) is 3. The summed E-state index contributed by atoms with van der Waals surface area (Å²) in [6.45, 7) is 0.539. The molecule has 0 radical (unpaired) electrons. The first-order chi connectivity index (χ1) is 12.5. The number of rotatable bonds is 5. The first-order valence-corrected chi connectivity index (χ1v) is 8.84. The van der Waals surface area contributed by atoms with Gasteiger partial charge >= 0.3 is 0 Å². The number of aromatic nitrogens is 1. The fourth-order valence-electron chi connectivity index (χ4n) is 2.59. The number of fused-ring (bicyclic) bond motifs is 1. The molecule has 1 heterocycles. The summed E-state index contributed by atoms with van der Waals surface area (Å²) in [5, 5.41) is 8.23. The predicted molar refractivity (Wildman–Crippen MR) is 111 cm³/mol. The Kier molecular flexibility index (Phi) is 5.75. The molecular weight excluding hydrogens is 370 g/mol. The maximum atomic E-state index is 12.2. The molecule has 0 fully saturated rings. The maximum Gasteiger partial charge on any atom is 0.251 e. The fourth-order valence-corrected chi connectivity index (χ4v) is 3.00. The topological polar surface area (TPSA) is 66.2 Å². The summed E-state index contributed by atoms with van der Waals surface area (Å²) in [4.78, 5) is 15.1. The van der Waals surface area contributed by atoms with Gasteiger partial charge in [0.1, 0.15) is 5.75 Å². The zero-order valence-corrected chi connectivity index (χ0v) is 15.7. The summed E-state index contributed by atoms with van der Waals surface area (Å²) in [5.41, 5.74) is 2.15. The standard InChI is InChI=1S/C19H18ClN3O2S/c1-25-16-6-5-12-9-13(18(24)23-17(12)11-16)7-8-21-19(26)22-15-4-2-3-14(20)10-15/h2-6,9-11H,7-8H2,1H3,(H,23,24)(H2,21,22,26). The number of benzene rings is 2. The number of ether oxygens (including phenoxy) is 1. The van der Waals surface area contributed by atoms with Gasteiger partial charge in [-0.15, -0.1) is 0 Å². The van der Waals surface area contributed by atoms with Crippen molar-refractivity contribution in [3.63, 3.8) is 0 Å². The number of hydrogen-bond donors (Lipinski definition) is 3. The first-order valence-electron chi connectivity index (χ1n) is 8.05. The number of aromatic amines is 1. The van der Waals surface area contributed by atoms with Crippen molar-refractivity contribution in [2.45, 2.75) is 6.42 Å². The molecule has 0 saturated carbocycles. The lowest BCUT2D eigenvalue weighted by atomic mass is 10.1. The molecular formula is C19H18ClN3O2S. The predicted octanol–water partition coefficient (Wildman–Crippen LogP) is 3.72. The van der Waals surface area contributed by atoms with Crippen LogP contribution in [0.1, 0.15) is 5.56 Å². The Hall–Kier alpha value is -2.57. The van der Waals surface area contributed by atoms with Gasteiger partial charge in [0.15, 0.2) is 5.11 Å². The lowest BCUT2D eigenvalue weighted by molar-refractivity contribution is 0.415. The molecule has 0 aliphatic carbocycles. The number of H-pyrrole nitrogens is 1. The van der Waals surface area contributed by atoms with Crippen LogP contribution in [0.25, 0.3) is 10.9 Å². The largest absolute Gasteiger partial charge is 0.497 e. The highest BCUT2D eigenvalue weighted by Gasteiger charge is 2.05. The molecule has 7 heteroatoms. The smallest absolute Gasteiger partial charge is 0.251 e. The Balaban J connectivity index is 1.61. The molecule has 1 aromatic heterocycles. The second-order valence-electron chi connectivity index (χ2n) is 5.72. The molecule has 0 spiro atoms. The van der Waals surface area contributed by atoms with Crippen LogP contribution in [-0.4, -0.2) is 23.8 Å². The highest BCUT2D eigenvalue weighted by atomic mass is 35.5. The lowest BCUT2D eigenvalue weighted by Crippen LogP contribution is -2.31. The summed E-state index contributed by atoms with van der Waals surface area (Å²) in [5.74, 6) is 0.708. The van der Waals surface area contributed by atoms with Crippen molar-refractivity contribution < 1.29 is 4.74 Å². The molecule has 0 aliphatic heterocycles. The van der Waals surface area contributed by atoms with E-state index in [2.05, 4.69) is 15.6 Å². The Morgan fingerprint density at radius 2 is 2.08 bits per heavy atom. The number of methoxy groups -OCH3 is 1. The van der Waals surface area contributed by atoms with E-state index in [9.17, 15) is 4.79 Å². The van der Waals surface area contributed by atoms with Crippen LogP contribution in [-0.2, 0) is 6.42 Å². The number of thiocarbonyl (C=S) groups is 1. The summed E-state index contributed by atoms with van der Waals surface area (Å²) in [6, 6.07) is 14.8. The van der Waals surface area contributed by atoms with Crippen molar-refractivity contribution in [3.05, 3.63) is 69.5 Å². The van der Waals surface area contributed by atoms with Crippen molar-refractivity contribution in [3.8, 4) is 5.75 Å². The van der Waals surface area contributed by atoms with E-state index in [1.807, 2.05) is 36.4 Å². The van der Waals surface area contributed by atoms with Crippen molar-refractivity contribution >= 4 is 45.5 Å². The van der Waals surface area contributed by atoms with Crippen LogP contribution in [0.5, 0.6) is 5.75 Å². The van der Waals surface area contributed by atoms with Gasteiger partial charge in [-0.3, -0.25) is 4.79 Å². The Labute approximate surface area is 161 Å². The molecule has 2 aromatic carbocycles. The van der Waals surface area contributed by atoms with Gasteiger partial charge in [-0.05, 0) is 60.4 Å². The van der Waals surface area contributed by atoms with Gasteiger partial charge in [-0.1, -0.05) is 17.7 Å². The van der Waals surface area contributed by atoms with E-state index in [0.29, 0.717) is 34.4 Å². The lowest BCUT2D eigenvalue weighted by Gasteiger charge is -2.11. The van der Waals surface area contributed by atoms with Gasteiger partial charge in [-0.25, -0.2) is 0 Å². The zero-order valence-electron chi connectivity index (χ0n) is 14.1. The minimum Gasteiger partial charge on any atom is -0.497 e. The number of anilines is 1. The molecule has 0 bridgehead atoms. The second kappa shape index (κ2) is 8.21. The van der Waals surface area contributed by atoms with Crippen molar-refractivity contribution in [1.82, 2.24) is 10.3 Å². The fraction of sp³-hybridized carbons (Fsp3) is 0.158. The van der Waals surface area contributed by atoms with Gasteiger partial charge < -0.3 is 20.4 Å². The third-order valence-corrected chi connectivity index (χ3v) is 4.37. The third kappa shape index (κ3) is 4.53. The molecule has 0 aliphatic rings. The number of nitrogens with one attached hydrogen (secondary N) is 3. The van der Waals surface area contributed by atoms with E-state index < -0.39 is 0 Å². The van der Waals surface area contributed by atoms with Crippen LogP contribution in [0.2, 0.25) is 5.02 Å². The van der Waals surface area contributed by atoms with Crippen LogP contribution in [0.15, 0.2) is 53.3 Å². The molecule has 0 saturated heterocycles. The second-order valence-corrected chi connectivity index (χ2v) is 6.56. The maximum absolute atomic E-state index is 12.2. The molecule has 3 aromatic rings. The molecule has 3 rings (SSSR count). The Morgan fingerprint density at radius 3 is 2.85 bits per heavy atom. The van der Waals surface area contributed by atoms with Crippen LogP contribution < -0.4 is 20.9 Å². The molecule has 5 nitrogen and oxygen atoms in total. The van der Waals surface area contributed by atoms with Crippen molar-refractivity contribution in [2.75, 3.05) is 19.0 Å². The normalized spacial score (nSPS) is 10.5. The number of halogens is 1. The summed E-state index contributed by atoms with van der Waals surface area (Å²) in [6.07, 6.45) is 0.550. The third-order valence-electron chi connectivity index (χ3n) is 3.89. The van der Waals surface area contributed by atoms with Gasteiger partial charge in [0.05, 0.1) is 12.6 Å². The van der Waals surface area contributed by atoms with Crippen LogP contribution >= 0.6 is 23.8 Å². The minimum absolute atomic E-state index is 0.110. The van der Waals surface area contributed by atoms with E-state index in [4.69, 9.17) is 28.6 Å². The number of pyridine rings is 1.